The van der Waals surface area contributed by atoms with Gasteiger partial charge in [-0.3, -0.25) is 9.59 Å². The summed E-state index contributed by atoms with van der Waals surface area (Å²) in [5.74, 6) is -0.943. The van der Waals surface area contributed by atoms with E-state index in [1.54, 1.807) is 27.7 Å². The number of rotatable bonds is 5. The maximum atomic E-state index is 12.7. The van der Waals surface area contributed by atoms with Gasteiger partial charge in [0, 0.05) is 4.88 Å². The highest BCUT2D eigenvalue weighted by Crippen LogP contribution is 2.38. The molecule has 0 spiro atoms. The molecule has 0 radical (unpaired) electrons. The normalized spacial score (nSPS) is 12.9. The van der Waals surface area contributed by atoms with Gasteiger partial charge < -0.3 is 10.1 Å². The Hall–Kier alpha value is -2.99. The first-order valence-electron chi connectivity index (χ1n) is 9.86. The lowest BCUT2D eigenvalue weighted by Crippen LogP contribution is -2.32. The van der Waals surface area contributed by atoms with Crippen molar-refractivity contribution in [1.29, 1.82) is 5.26 Å². The Morgan fingerprint density at radius 2 is 2.00 bits per heavy atom. The van der Waals surface area contributed by atoms with E-state index in [0.29, 0.717) is 21.8 Å². The Bertz CT molecular complexity index is 1110. The van der Waals surface area contributed by atoms with Gasteiger partial charge in [-0.25, -0.2) is 9.48 Å². The Balaban J connectivity index is 1.90. The molecule has 0 saturated carbocycles. The topological polar surface area (TPSA) is 114 Å². The van der Waals surface area contributed by atoms with E-state index in [4.69, 9.17) is 4.74 Å². The monoisotopic (exact) mass is 428 g/mol. The summed E-state index contributed by atoms with van der Waals surface area (Å²) in [6.07, 6.45) is 3.38. The molecule has 0 aromatic carbocycles. The van der Waals surface area contributed by atoms with Crippen LogP contribution in [0, 0.1) is 25.2 Å². The van der Waals surface area contributed by atoms with Crippen molar-refractivity contribution in [3.63, 3.8) is 0 Å². The fourth-order valence-corrected chi connectivity index (χ4v) is 4.75. The van der Waals surface area contributed by atoms with E-state index in [2.05, 4.69) is 10.4 Å². The summed E-state index contributed by atoms with van der Waals surface area (Å²) in [7, 11) is 0. The zero-order chi connectivity index (χ0) is 22.0. The van der Waals surface area contributed by atoms with Crippen molar-refractivity contribution < 1.29 is 14.3 Å². The molecule has 0 aliphatic heterocycles. The van der Waals surface area contributed by atoms with Gasteiger partial charge in [0.15, 0.2) is 0 Å². The first-order valence-corrected chi connectivity index (χ1v) is 10.7. The second-order valence-electron chi connectivity index (χ2n) is 7.58. The lowest BCUT2D eigenvalue weighted by Gasteiger charge is -2.14. The number of nitriles is 1. The van der Waals surface area contributed by atoms with Crippen molar-refractivity contribution in [2.75, 3.05) is 5.32 Å². The number of aromatic nitrogens is 2. The summed E-state index contributed by atoms with van der Waals surface area (Å²) < 4.78 is 6.37. The number of hydrogen-bond acceptors (Lipinski definition) is 7. The molecule has 0 bridgehead atoms. The molecule has 1 amide bonds. The third kappa shape index (κ3) is 4.28. The first-order chi connectivity index (χ1) is 14.2. The molecule has 158 valence electrons. The van der Waals surface area contributed by atoms with Crippen LogP contribution in [0.3, 0.4) is 0 Å². The zero-order valence-corrected chi connectivity index (χ0v) is 18.3. The average molecular weight is 429 g/mol. The molecule has 8 nitrogen and oxygen atoms in total. The minimum atomic E-state index is -0.610. The highest BCUT2D eigenvalue weighted by Gasteiger charge is 2.28. The van der Waals surface area contributed by atoms with Gasteiger partial charge in [-0.15, -0.1) is 11.3 Å². The molecule has 3 rings (SSSR count). The Kier molecular flexibility index (Phi) is 6.37. The van der Waals surface area contributed by atoms with Crippen LogP contribution in [0.25, 0.3) is 0 Å². The number of amides is 1. The second-order valence-corrected chi connectivity index (χ2v) is 8.68. The van der Waals surface area contributed by atoms with E-state index >= 15 is 0 Å². The lowest BCUT2D eigenvalue weighted by molar-refractivity contribution is -0.117. The lowest BCUT2D eigenvalue weighted by atomic mass is 9.95. The van der Waals surface area contributed by atoms with E-state index in [-0.39, 0.29) is 18.2 Å². The van der Waals surface area contributed by atoms with Gasteiger partial charge >= 0.3 is 5.97 Å². The summed E-state index contributed by atoms with van der Waals surface area (Å²) in [5.41, 5.74) is 1.73. The Morgan fingerprint density at radius 1 is 1.30 bits per heavy atom. The van der Waals surface area contributed by atoms with Crippen molar-refractivity contribution in [3.8, 4) is 6.07 Å². The molecule has 2 heterocycles. The molecule has 1 N–H and O–H groups in total. The van der Waals surface area contributed by atoms with Crippen LogP contribution in [-0.4, -0.2) is 27.8 Å². The van der Waals surface area contributed by atoms with E-state index in [0.717, 1.165) is 40.8 Å². The van der Waals surface area contributed by atoms with Crippen molar-refractivity contribution in [3.05, 3.63) is 43.2 Å². The summed E-state index contributed by atoms with van der Waals surface area (Å²) in [6, 6.07) is 1.88. The predicted octanol–water partition coefficient (Wildman–Crippen LogP) is 2.88. The number of nitrogens with zero attached hydrogens (tertiary/aromatic N) is 3. The molecule has 0 atom stereocenters. The predicted molar refractivity (Wildman–Crippen MR) is 113 cm³/mol. The quantitative estimate of drug-likeness (QED) is 0.733. The number of anilines is 1. The van der Waals surface area contributed by atoms with Gasteiger partial charge in [-0.05, 0) is 64.5 Å². The number of nitrogens with one attached hydrogen (secondary N) is 1. The van der Waals surface area contributed by atoms with Crippen LogP contribution in [0.4, 0.5) is 5.00 Å². The largest absolute Gasteiger partial charge is 0.459 e. The average Bonchev–Trinajstić information content (AvgIpc) is 3.03. The van der Waals surface area contributed by atoms with Crippen LogP contribution < -0.4 is 10.9 Å². The van der Waals surface area contributed by atoms with Gasteiger partial charge in [0.25, 0.3) is 5.56 Å². The second kappa shape index (κ2) is 8.79. The molecule has 0 saturated heterocycles. The van der Waals surface area contributed by atoms with E-state index < -0.39 is 17.4 Å². The van der Waals surface area contributed by atoms with Crippen LogP contribution in [0.5, 0.6) is 0 Å². The van der Waals surface area contributed by atoms with Gasteiger partial charge in [0.1, 0.15) is 23.2 Å². The Labute approximate surface area is 178 Å². The van der Waals surface area contributed by atoms with Crippen molar-refractivity contribution in [2.24, 2.45) is 0 Å². The molecular weight excluding hydrogens is 404 g/mol. The fourth-order valence-electron chi connectivity index (χ4n) is 3.46. The maximum absolute atomic E-state index is 12.7. The van der Waals surface area contributed by atoms with E-state index in [1.807, 2.05) is 6.07 Å². The van der Waals surface area contributed by atoms with Crippen LogP contribution >= 0.6 is 11.3 Å². The van der Waals surface area contributed by atoms with E-state index in [9.17, 15) is 19.6 Å². The van der Waals surface area contributed by atoms with Gasteiger partial charge in [0.05, 0.1) is 17.4 Å². The molecule has 0 unspecified atom stereocenters. The number of carbonyl (C=O) groups excluding carboxylic acids is 2. The van der Waals surface area contributed by atoms with Crippen LogP contribution in [-0.2, 0) is 28.9 Å². The Morgan fingerprint density at radius 3 is 2.67 bits per heavy atom. The third-order valence-electron chi connectivity index (χ3n) is 5.01. The first kappa shape index (κ1) is 21.7. The van der Waals surface area contributed by atoms with Crippen molar-refractivity contribution in [2.45, 2.75) is 66.0 Å². The summed E-state index contributed by atoms with van der Waals surface area (Å²) in [4.78, 5) is 38.9. The number of ether oxygens (including phenoxy) is 1. The van der Waals surface area contributed by atoms with Crippen LogP contribution in [0.2, 0.25) is 0 Å². The van der Waals surface area contributed by atoms with Crippen LogP contribution in [0.1, 0.15) is 64.3 Å². The molecule has 0 fully saturated rings. The van der Waals surface area contributed by atoms with E-state index in [1.165, 1.54) is 11.3 Å². The summed E-state index contributed by atoms with van der Waals surface area (Å²) in [6.45, 7) is 6.53. The number of hydrogen-bond donors (Lipinski definition) is 1. The highest BCUT2D eigenvalue weighted by molar-refractivity contribution is 7.17. The summed E-state index contributed by atoms with van der Waals surface area (Å²) >= 11 is 1.38. The van der Waals surface area contributed by atoms with Gasteiger partial charge in [-0.1, -0.05) is 0 Å². The number of thiophene rings is 1. The fraction of sp³-hybridized carbons (Fsp3) is 0.476. The number of esters is 1. The number of fused-ring (bicyclic) bond motifs is 1. The molecule has 9 heteroatoms. The molecule has 1 aliphatic rings. The molecule has 2 aromatic heterocycles. The molecule has 2 aromatic rings. The minimum Gasteiger partial charge on any atom is -0.459 e. The van der Waals surface area contributed by atoms with Gasteiger partial charge in [0.2, 0.25) is 5.91 Å². The maximum Gasteiger partial charge on any atom is 0.341 e. The summed E-state index contributed by atoms with van der Waals surface area (Å²) in [5, 5.41) is 16.6. The highest BCUT2D eigenvalue weighted by atomic mass is 32.1. The van der Waals surface area contributed by atoms with Gasteiger partial charge in [-0.2, -0.15) is 10.4 Å². The standard InChI is InChI=1S/C21H24N4O4S/c1-11(2)29-21(28)18-14-7-5-6-8-16(14)30-19(18)23-17(26)10-25-20(27)15(9-22)12(3)13(4)24-25/h11H,5-8,10H2,1-4H3,(H,23,26). The number of aryl methyl sites for hydroxylation is 2. The number of carbonyl (C=O) groups is 2. The SMILES string of the molecule is Cc1nn(CC(=O)Nc2sc3c(c2C(=O)OC(C)C)CCCC3)c(=O)c(C#N)c1C. The van der Waals surface area contributed by atoms with Crippen molar-refractivity contribution >= 4 is 28.2 Å². The smallest absolute Gasteiger partial charge is 0.341 e. The van der Waals surface area contributed by atoms with Crippen molar-refractivity contribution in [1.82, 2.24) is 9.78 Å². The van der Waals surface area contributed by atoms with Crippen LogP contribution in [0.15, 0.2) is 4.79 Å². The third-order valence-corrected chi connectivity index (χ3v) is 6.22. The minimum absolute atomic E-state index is 0.0249. The molecular formula is C21H24N4O4S. The molecule has 1 aliphatic carbocycles. The zero-order valence-electron chi connectivity index (χ0n) is 17.5. The molecule has 30 heavy (non-hydrogen) atoms.